The summed E-state index contributed by atoms with van der Waals surface area (Å²) in [6.45, 7) is 8.40. The molecule has 0 bridgehead atoms. The molecule has 5 aromatic rings. The minimum Gasteiger partial charge on any atom is -0.149 e. The molecule has 0 aliphatic heterocycles. The Hall–Kier alpha value is -1.67. The molecule has 212 valence electrons. The normalized spacial score (nSPS) is 10.4. The zero-order valence-corrected chi connectivity index (χ0v) is 36.1. The molecule has 0 saturated heterocycles. The van der Waals surface area contributed by atoms with Gasteiger partial charge in [0.05, 0.1) is 0 Å². The van der Waals surface area contributed by atoms with Gasteiger partial charge in [-0.3, -0.25) is 0 Å². The molecule has 0 aliphatic carbocycles. The van der Waals surface area contributed by atoms with E-state index in [2.05, 4.69) is 161 Å². The maximum Gasteiger partial charge on any atom is 0 e. The summed E-state index contributed by atoms with van der Waals surface area (Å²) in [5, 5.41) is 0. The summed E-state index contributed by atoms with van der Waals surface area (Å²) in [6.07, 6.45) is 6.86. The first kappa shape index (κ1) is 40.3. The van der Waals surface area contributed by atoms with Crippen LogP contribution in [0.15, 0.2) is 133 Å². The minimum absolute atomic E-state index is 0. The van der Waals surface area contributed by atoms with Crippen molar-refractivity contribution in [1.29, 1.82) is 0 Å². The van der Waals surface area contributed by atoms with Gasteiger partial charge in [-0.05, 0) is 25.0 Å². The van der Waals surface area contributed by atoms with Crippen molar-refractivity contribution in [3.8, 4) is 11.1 Å². The fourth-order valence-corrected chi connectivity index (χ4v) is 4.08. The van der Waals surface area contributed by atoms with Gasteiger partial charge in [-0.15, -0.1) is 83.0 Å². The second kappa shape index (κ2) is 21.1. The van der Waals surface area contributed by atoms with Crippen LogP contribution >= 0.6 is 0 Å². The summed E-state index contributed by atoms with van der Waals surface area (Å²) in [7, 11) is 0. The van der Waals surface area contributed by atoms with Crippen molar-refractivity contribution >= 4 is 11.1 Å². The van der Waals surface area contributed by atoms with Crippen LogP contribution in [0.5, 0.6) is 0 Å². The van der Waals surface area contributed by atoms with E-state index in [1.54, 1.807) is 0 Å². The molecular weight excluding hydrogens is 1190 g/mol. The molecule has 0 atom stereocenters. The molecule has 0 amide bonds. The van der Waals surface area contributed by atoms with Crippen molar-refractivity contribution in [3.05, 3.63) is 179 Å². The van der Waals surface area contributed by atoms with Crippen molar-refractivity contribution in [2.24, 2.45) is 0 Å². The van der Waals surface area contributed by atoms with Crippen LogP contribution in [0.2, 0.25) is 0 Å². The third-order valence-electron chi connectivity index (χ3n) is 6.40. The maximum atomic E-state index is 3.46. The van der Waals surface area contributed by atoms with Crippen LogP contribution in [0.1, 0.15) is 47.2 Å². The average molecular weight is 1230 g/mol. The molecule has 42 heavy (non-hydrogen) atoms. The number of hydrogen-bond donors (Lipinski definition) is 0. The molecule has 0 aromatic heterocycles. The molecule has 0 spiro atoms. The SMILES string of the molecule is CC(=[C-]c1ccc(C)cc1)c1ccc(-c2ccccc2)cc1.CC(=[C-]c1ccc(C)cc1)c1ccccc1.[W].[W].[W].[W]. The third kappa shape index (κ3) is 12.9. The zero-order valence-electron chi connectivity index (χ0n) is 24.3. The predicted molar refractivity (Wildman–Crippen MR) is 164 cm³/mol. The quantitative estimate of drug-likeness (QED) is 0.122. The Balaban J connectivity index is 0.000000760. The van der Waals surface area contributed by atoms with Gasteiger partial charge in [-0.25, -0.2) is 0 Å². The molecule has 5 rings (SSSR count). The topological polar surface area (TPSA) is 0 Å². The summed E-state index contributed by atoms with van der Waals surface area (Å²) in [6, 6.07) is 46.3. The molecule has 0 radical (unpaired) electrons. The van der Waals surface area contributed by atoms with Gasteiger partial charge in [0.25, 0.3) is 0 Å². The van der Waals surface area contributed by atoms with Crippen molar-refractivity contribution in [1.82, 2.24) is 0 Å². The van der Waals surface area contributed by atoms with E-state index in [9.17, 15) is 0 Å². The Morgan fingerprint density at radius 3 is 1.12 bits per heavy atom. The van der Waals surface area contributed by atoms with Crippen LogP contribution in [0.25, 0.3) is 22.3 Å². The third-order valence-corrected chi connectivity index (χ3v) is 6.40. The number of benzene rings is 5. The van der Waals surface area contributed by atoms with Crippen molar-refractivity contribution in [2.75, 3.05) is 0 Å². The van der Waals surface area contributed by atoms with E-state index in [4.69, 9.17) is 0 Å². The van der Waals surface area contributed by atoms with Crippen molar-refractivity contribution < 1.29 is 84.3 Å². The number of rotatable bonds is 5. The standard InChI is InChI=1S/C22H19.C16H15.4W/c1-17-8-10-19(11-9-17)16-18(2)20-12-14-22(15-13-20)21-6-4-3-5-7-21;1-13-8-10-15(11-9-13)12-14(2)16-6-4-3-5-7-16;;;;/h3-15H,1-2H3;3-11H,1-2H3;;;;/q2*-1;;;;. The Morgan fingerprint density at radius 1 is 0.381 bits per heavy atom. The molecular formula is C38H34W4-2. The molecule has 0 N–H and O–H groups in total. The van der Waals surface area contributed by atoms with Gasteiger partial charge in [0, 0.05) is 84.3 Å². The van der Waals surface area contributed by atoms with Crippen LogP contribution in [-0.2, 0) is 84.3 Å². The monoisotopic (exact) mass is 1230 g/mol. The smallest absolute Gasteiger partial charge is 0 e. The van der Waals surface area contributed by atoms with E-state index >= 15 is 0 Å². The summed E-state index contributed by atoms with van der Waals surface area (Å²) in [5.74, 6) is 0. The van der Waals surface area contributed by atoms with Crippen LogP contribution in [-0.4, -0.2) is 0 Å². The van der Waals surface area contributed by atoms with E-state index < -0.39 is 0 Å². The van der Waals surface area contributed by atoms with E-state index in [0.717, 1.165) is 16.7 Å². The van der Waals surface area contributed by atoms with Crippen molar-refractivity contribution in [2.45, 2.75) is 27.7 Å². The maximum absolute atomic E-state index is 3.46. The van der Waals surface area contributed by atoms with E-state index in [1.165, 1.54) is 39.0 Å². The molecule has 0 unspecified atom stereocenters. The molecule has 0 saturated carbocycles. The van der Waals surface area contributed by atoms with Crippen LogP contribution < -0.4 is 0 Å². The molecule has 0 heterocycles. The summed E-state index contributed by atoms with van der Waals surface area (Å²) < 4.78 is 0. The first-order valence-electron chi connectivity index (χ1n) is 13.0. The number of allylic oxidation sites excluding steroid dienone is 2. The molecule has 0 fully saturated rings. The van der Waals surface area contributed by atoms with Gasteiger partial charge in [-0.2, -0.15) is 0 Å². The van der Waals surface area contributed by atoms with Crippen LogP contribution in [0.3, 0.4) is 0 Å². The van der Waals surface area contributed by atoms with Gasteiger partial charge >= 0.3 is 0 Å². The summed E-state index contributed by atoms with van der Waals surface area (Å²) >= 11 is 0. The molecule has 4 heteroatoms. The Bertz CT molecular complexity index is 1490. The van der Waals surface area contributed by atoms with E-state index in [-0.39, 0.29) is 84.3 Å². The molecule has 0 nitrogen and oxygen atoms in total. The summed E-state index contributed by atoms with van der Waals surface area (Å²) in [5.41, 5.74) is 12.1. The Kier molecular flexibility index (Phi) is 20.3. The van der Waals surface area contributed by atoms with E-state index in [1.807, 2.05) is 12.1 Å². The first-order valence-corrected chi connectivity index (χ1v) is 13.0. The Morgan fingerprint density at radius 2 is 0.714 bits per heavy atom. The molecule has 0 aliphatic rings. The van der Waals surface area contributed by atoms with Gasteiger partial charge in [0.15, 0.2) is 0 Å². The Labute approximate surface area is 310 Å². The van der Waals surface area contributed by atoms with Crippen LogP contribution in [0.4, 0.5) is 0 Å². The fourth-order valence-electron chi connectivity index (χ4n) is 4.08. The van der Waals surface area contributed by atoms with Gasteiger partial charge < -0.3 is 0 Å². The zero-order chi connectivity index (χ0) is 26.7. The number of hydrogen-bond acceptors (Lipinski definition) is 0. The first-order chi connectivity index (χ1) is 18.5. The second-order valence-electron chi connectivity index (χ2n) is 9.54. The second-order valence-corrected chi connectivity index (χ2v) is 9.54. The largest absolute Gasteiger partial charge is 0.149 e. The average Bonchev–Trinajstić information content (AvgIpc) is 2.97. The predicted octanol–water partition coefficient (Wildman–Crippen LogP) is 10.2. The van der Waals surface area contributed by atoms with Gasteiger partial charge in [0.1, 0.15) is 0 Å². The van der Waals surface area contributed by atoms with Gasteiger partial charge in [0.2, 0.25) is 0 Å². The van der Waals surface area contributed by atoms with Crippen molar-refractivity contribution in [3.63, 3.8) is 0 Å². The van der Waals surface area contributed by atoms with Gasteiger partial charge in [-0.1, -0.05) is 121 Å². The summed E-state index contributed by atoms with van der Waals surface area (Å²) in [4.78, 5) is 0. The van der Waals surface area contributed by atoms with E-state index in [0.29, 0.717) is 0 Å². The molecule has 5 aromatic carbocycles. The minimum atomic E-state index is 0. The number of aryl methyl sites for hydroxylation is 2. The van der Waals surface area contributed by atoms with Crippen LogP contribution in [0, 0.1) is 26.0 Å². The fraction of sp³-hybridized carbons (Fsp3) is 0.105.